The Morgan fingerprint density at radius 2 is 2.00 bits per heavy atom. The van der Waals surface area contributed by atoms with E-state index in [9.17, 15) is 14.7 Å². The van der Waals surface area contributed by atoms with E-state index in [1.165, 1.54) is 0 Å². The molecule has 4 nitrogen and oxygen atoms in total. The van der Waals surface area contributed by atoms with Gasteiger partial charge in [-0.25, -0.2) is 4.79 Å². The van der Waals surface area contributed by atoms with Crippen LogP contribution in [0.1, 0.15) is 60.3 Å². The molecule has 0 radical (unpaired) electrons. The van der Waals surface area contributed by atoms with E-state index >= 15 is 0 Å². The van der Waals surface area contributed by atoms with Crippen LogP contribution in [0.4, 0.5) is 0 Å². The molecule has 1 aromatic heterocycles. The molecule has 1 aliphatic rings. The molecule has 1 aromatic carbocycles. The molecule has 3 rings (SSSR count). The van der Waals surface area contributed by atoms with Gasteiger partial charge in [0.05, 0.1) is 5.52 Å². The van der Waals surface area contributed by atoms with Gasteiger partial charge in [-0.1, -0.05) is 26.0 Å². The smallest absolute Gasteiger partial charge is 0.352 e. The van der Waals surface area contributed by atoms with Crippen LogP contribution in [0, 0.1) is 6.92 Å². The summed E-state index contributed by atoms with van der Waals surface area (Å²) in [7, 11) is 0. The first-order chi connectivity index (χ1) is 9.93. The third-order valence-corrected chi connectivity index (χ3v) is 4.23. The molecule has 1 N–H and O–H groups in total. The topological polar surface area (TPSA) is 59.3 Å². The maximum absolute atomic E-state index is 12.5. The molecule has 0 spiro atoms. The van der Waals surface area contributed by atoms with Gasteiger partial charge in [-0.05, 0) is 37.3 Å². The summed E-state index contributed by atoms with van der Waals surface area (Å²) in [5, 5.41) is 10.2. The zero-order valence-corrected chi connectivity index (χ0v) is 12.5. The zero-order chi connectivity index (χ0) is 15.3. The Hall–Kier alpha value is -2.10. The molecule has 0 atom stereocenters. The van der Waals surface area contributed by atoms with E-state index in [1.54, 1.807) is 13.0 Å². The van der Waals surface area contributed by atoms with Gasteiger partial charge < -0.3 is 9.67 Å². The summed E-state index contributed by atoms with van der Waals surface area (Å²) in [6.45, 7) is 5.75. The highest BCUT2D eigenvalue weighted by Gasteiger charge is 2.31. The maximum Gasteiger partial charge on any atom is 0.352 e. The summed E-state index contributed by atoms with van der Waals surface area (Å²) < 4.78 is 1.89. The van der Waals surface area contributed by atoms with E-state index in [-0.39, 0.29) is 23.1 Å². The summed E-state index contributed by atoms with van der Waals surface area (Å²) in [6.07, 6.45) is 1.95. The van der Waals surface area contributed by atoms with E-state index < -0.39 is 5.97 Å². The van der Waals surface area contributed by atoms with E-state index in [0.29, 0.717) is 10.9 Å². The van der Waals surface area contributed by atoms with Gasteiger partial charge in [0, 0.05) is 17.0 Å². The monoisotopic (exact) mass is 285 g/mol. The molecular formula is C17H19NO3. The Bertz CT molecular complexity index is 798. The number of carboxylic acid groups (broad SMARTS) is 1. The van der Waals surface area contributed by atoms with Crippen LogP contribution in [0.2, 0.25) is 0 Å². The standard InChI is InChI=1S/C17H19NO3/c1-9(2)12-5-4-6-13-15(12)18(11-7-8-11)14(17(20)21)10(3)16(13)19/h4-6,9,11H,7-8H2,1-3H3,(H,20,21). The Morgan fingerprint density at radius 1 is 1.33 bits per heavy atom. The number of carboxylic acids is 1. The van der Waals surface area contributed by atoms with E-state index in [4.69, 9.17) is 0 Å². The molecule has 0 amide bonds. The zero-order valence-electron chi connectivity index (χ0n) is 12.5. The first kappa shape index (κ1) is 13.9. The molecule has 2 aromatic rings. The Labute approximate surface area is 123 Å². The largest absolute Gasteiger partial charge is 0.477 e. The fourth-order valence-corrected chi connectivity index (χ4v) is 3.04. The number of benzene rings is 1. The van der Waals surface area contributed by atoms with Crippen molar-refractivity contribution in [3.05, 3.63) is 45.2 Å². The number of para-hydroxylation sites is 1. The second kappa shape index (κ2) is 4.72. The maximum atomic E-state index is 12.5. The molecule has 0 unspecified atom stereocenters. The summed E-state index contributed by atoms with van der Waals surface area (Å²) in [6, 6.07) is 5.89. The van der Waals surface area contributed by atoms with Crippen LogP contribution in [0.5, 0.6) is 0 Å². The first-order valence-electron chi connectivity index (χ1n) is 7.34. The second-order valence-corrected chi connectivity index (χ2v) is 6.11. The number of aromatic nitrogens is 1. The SMILES string of the molecule is Cc1c(C(=O)O)n(C2CC2)c2c(C(C)C)cccc2c1=O. The summed E-state index contributed by atoms with van der Waals surface area (Å²) in [5.74, 6) is -0.778. The molecule has 0 bridgehead atoms. The van der Waals surface area contributed by atoms with Gasteiger partial charge >= 0.3 is 5.97 Å². The minimum Gasteiger partial charge on any atom is -0.477 e. The van der Waals surface area contributed by atoms with Crippen LogP contribution >= 0.6 is 0 Å². The highest BCUT2D eigenvalue weighted by molar-refractivity contribution is 5.93. The minimum atomic E-state index is -1.02. The fourth-order valence-electron chi connectivity index (χ4n) is 3.04. The fraction of sp³-hybridized carbons (Fsp3) is 0.412. The average Bonchev–Trinajstić information content (AvgIpc) is 3.25. The predicted octanol–water partition coefficient (Wildman–Crippen LogP) is 3.47. The van der Waals surface area contributed by atoms with Crippen LogP contribution in [0.25, 0.3) is 10.9 Å². The number of fused-ring (bicyclic) bond motifs is 1. The summed E-state index contributed by atoms with van der Waals surface area (Å²) >= 11 is 0. The van der Waals surface area contributed by atoms with Crippen molar-refractivity contribution in [1.82, 2.24) is 4.57 Å². The van der Waals surface area contributed by atoms with Gasteiger partial charge in [-0.2, -0.15) is 0 Å². The molecular weight excluding hydrogens is 266 g/mol. The number of hydrogen-bond donors (Lipinski definition) is 1. The number of nitrogens with zero attached hydrogens (tertiary/aromatic N) is 1. The normalized spacial score (nSPS) is 14.9. The van der Waals surface area contributed by atoms with Crippen LogP contribution < -0.4 is 5.43 Å². The molecule has 0 aliphatic heterocycles. The summed E-state index contributed by atoms with van der Waals surface area (Å²) in [5.41, 5.74) is 2.18. The van der Waals surface area contributed by atoms with Crippen molar-refractivity contribution in [3.8, 4) is 0 Å². The van der Waals surface area contributed by atoms with Crippen LogP contribution in [0.15, 0.2) is 23.0 Å². The van der Waals surface area contributed by atoms with Gasteiger partial charge in [-0.15, -0.1) is 0 Å². The molecule has 4 heteroatoms. The van der Waals surface area contributed by atoms with E-state index in [2.05, 4.69) is 13.8 Å². The van der Waals surface area contributed by atoms with Crippen LogP contribution in [-0.2, 0) is 0 Å². The van der Waals surface area contributed by atoms with Gasteiger partial charge in [0.2, 0.25) is 0 Å². The third-order valence-electron chi connectivity index (χ3n) is 4.23. The van der Waals surface area contributed by atoms with Crippen molar-refractivity contribution >= 4 is 16.9 Å². The highest BCUT2D eigenvalue weighted by atomic mass is 16.4. The van der Waals surface area contributed by atoms with Crippen molar-refractivity contribution in [2.24, 2.45) is 0 Å². The number of pyridine rings is 1. The van der Waals surface area contributed by atoms with Crippen molar-refractivity contribution in [3.63, 3.8) is 0 Å². The van der Waals surface area contributed by atoms with Crippen molar-refractivity contribution in [2.45, 2.75) is 45.6 Å². The molecule has 1 aliphatic carbocycles. The number of carbonyl (C=O) groups is 1. The highest BCUT2D eigenvalue weighted by Crippen LogP contribution is 2.40. The number of rotatable bonds is 3. The molecule has 21 heavy (non-hydrogen) atoms. The lowest BCUT2D eigenvalue weighted by Gasteiger charge is -2.20. The molecule has 1 fully saturated rings. The second-order valence-electron chi connectivity index (χ2n) is 6.11. The van der Waals surface area contributed by atoms with Gasteiger partial charge in [0.15, 0.2) is 5.43 Å². The quantitative estimate of drug-likeness (QED) is 0.939. The first-order valence-corrected chi connectivity index (χ1v) is 7.34. The van der Waals surface area contributed by atoms with Crippen LogP contribution in [0.3, 0.4) is 0 Å². The lowest BCUT2D eigenvalue weighted by Crippen LogP contribution is -2.22. The van der Waals surface area contributed by atoms with Crippen molar-refractivity contribution in [1.29, 1.82) is 0 Å². The Kier molecular flexibility index (Phi) is 3.12. The lowest BCUT2D eigenvalue weighted by atomic mass is 9.97. The molecule has 1 saturated carbocycles. The van der Waals surface area contributed by atoms with E-state index in [0.717, 1.165) is 23.9 Å². The van der Waals surface area contributed by atoms with Gasteiger partial charge in [0.25, 0.3) is 0 Å². The lowest BCUT2D eigenvalue weighted by molar-refractivity contribution is 0.0683. The van der Waals surface area contributed by atoms with Crippen molar-refractivity contribution in [2.75, 3.05) is 0 Å². The molecule has 110 valence electrons. The third kappa shape index (κ3) is 2.06. The van der Waals surface area contributed by atoms with Crippen LogP contribution in [-0.4, -0.2) is 15.6 Å². The molecule has 1 heterocycles. The van der Waals surface area contributed by atoms with E-state index in [1.807, 2.05) is 16.7 Å². The molecule has 0 saturated heterocycles. The Balaban J connectivity index is 2.56. The number of aromatic carboxylic acids is 1. The summed E-state index contributed by atoms with van der Waals surface area (Å²) in [4.78, 5) is 24.2. The van der Waals surface area contributed by atoms with Crippen molar-refractivity contribution < 1.29 is 9.90 Å². The van der Waals surface area contributed by atoms with Gasteiger partial charge in [-0.3, -0.25) is 4.79 Å². The van der Waals surface area contributed by atoms with Gasteiger partial charge in [0.1, 0.15) is 5.69 Å². The minimum absolute atomic E-state index is 0.156. The Morgan fingerprint density at radius 3 is 2.52 bits per heavy atom. The predicted molar refractivity (Wildman–Crippen MR) is 82.3 cm³/mol. The average molecular weight is 285 g/mol. The number of hydrogen-bond acceptors (Lipinski definition) is 2.